The maximum absolute atomic E-state index is 13.7. The lowest BCUT2D eigenvalue weighted by Crippen LogP contribution is -2.23. The van der Waals surface area contributed by atoms with Gasteiger partial charge in [-0.25, -0.2) is 4.39 Å². The van der Waals surface area contributed by atoms with Crippen molar-refractivity contribution < 1.29 is 23.5 Å². The number of esters is 1. The fourth-order valence-electron chi connectivity index (χ4n) is 2.81. The van der Waals surface area contributed by atoms with Gasteiger partial charge in [0, 0.05) is 5.02 Å². The van der Waals surface area contributed by atoms with Gasteiger partial charge in [0.15, 0.2) is 6.61 Å². The highest BCUT2D eigenvalue weighted by molar-refractivity contribution is 6.30. The number of hydrogen-bond donors (Lipinski definition) is 1. The number of benzene rings is 3. The van der Waals surface area contributed by atoms with Gasteiger partial charge in [0.05, 0.1) is 18.7 Å². The van der Waals surface area contributed by atoms with Crippen LogP contribution < -0.4 is 10.1 Å². The van der Waals surface area contributed by atoms with E-state index in [2.05, 4.69) is 5.32 Å². The van der Waals surface area contributed by atoms with Crippen LogP contribution in [0.3, 0.4) is 0 Å². The zero-order valence-electron chi connectivity index (χ0n) is 15.9. The topological polar surface area (TPSA) is 64.6 Å². The molecule has 0 radical (unpaired) electrons. The van der Waals surface area contributed by atoms with Crippen molar-refractivity contribution in [2.45, 2.75) is 12.8 Å². The van der Waals surface area contributed by atoms with Gasteiger partial charge in [-0.05, 0) is 53.6 Å². The van der Waals surface area contributed by atoms with E-state index in [4.69, 9.17) is 21.1 Å². The highest BCUT2D eigenvalue weighted by Crippen LogP contribution is 2.26. The summed E-state index contributed by atoms with van der Waals surface area (Å²) < 4.78 is 24.0. The Labute approximate surface area is 172 Å². The van der Waals surface area contributed by atoms with E-state index in [1.807, 2.05) is 36.4 Å². The fraction of sp³-hybridized carbons (Fsp3) is 0.182. The average Bonchev–Trinajstić information content (AvgIpc) is 2.72. The summed E-state index contributed by atoms with van der Waals surface area (Å²) in [6.45, 7) is 1.18. The van der Waals surface area contributed by atoms with E-state index in [9.17, 15) is 14.0 Å². The van der Waals surface area contributed by atoms with E-state index in [0.717, 1.165) is 28.2 Å². The van der Waals surface area contributed by atoms with Gasteiger partial charge < -0.3 is 14.8 Å². The summed E-state index contributed by atoms with van der Waals surface area (Å²) in [7, 11) is 1.60. The molecule has 0 aliphatic rings. The first kappa shape index (κ1) is 20.6. The molecule has 0 fully saturated rings. The molecule has 1 N–H and O–H groups in total. The van der Waals surface area contributed by atoms with Crippen LogP contribution in [0.4, 0.5) is 10.1 Å². The summed E-state index contributed by atoms with van der Waals surface area (Å²) in [5, 5.41) is 4.50. The van der Waals surface area contributed by atoms with E-state index in [1.54, 1.807) is 14.0 Å². The third-order valence-electron chi connectivity index (χ3n) is 4.48. The Kier molecular flexibility index (Phi) is 6.34. The molecule has 7 heteroatoms. The summed E-state index contributed by atoms with van der Waals surface area (Å²) in [6.07, 6.45) is 0. The minimum Gasteiger partial charge on any atom is -0.497 e. The minimum atomic E-state index is -0.668. The average molecular weight is 416 g/mol. The highest BCUT2D eigenvalue weighted by atomic mass is 35.5. The number of anilines is 1. The minimum absolute atomic E-state index is 0.0338. The lowest BCUT2D eigenvalue weighted by Gasteiger charge is -2.13. The SMILES string of the molecule is COc1ccc2cc([C@H](C)C(=O)OCC(=O)Nc3ccc(Cl)cc3F)ccc2c1. The lowest BCUT2D eigenvalue weighted by molar-refractivity contribution is -0.148. The molecule has 0 bridgehead atoms. The Balaban J connectivity index is 1.61. The van der Waals surface area contributed by atoms with Crippen molar-refractivity contribution >= 4 is 39.9 Å². The predicted octanol–water partition coefficient (Wildman–Crippen LogP) is 4.93. The second-order valence-electron chi connectivity index (χ2n) is 6.47. The van der Waals surface area contributed by atoms with Gasteiger partial charge >= 0.3 is 5.97 Å². The van der Waals surface area contributed by atoms with Crippen molar-refractivity contribution in [1.82, 2.24) is 0 Å². The van der Waals surface area contributed by atoms with Crippen LogP contribution in [0.1, 0.15) is 18.4 Å². The van der Waals surface area contributed by atoms with Crippen LogP contribution in [-0.4, -0.2) is 25.6 Å². The smallest absolute Gasteiger partial charge is 0.313 e. The molecule has 0 saturated heterocycles. The number of amides is 1. The molecule has 3 rings (SSSR count). The molecule has 0 saturated carbocycles. The molecule has 0 aromatic heterocycles. The van der Waals surface area contributed by atoms with Crippen LogP contribution in [0.5, 0.6) is 5.75 Å². The highest BCUT2D eigenvalue weighted by Gasteiger charge is 2.19. The van der Waals surface area contributed by atoms with Crippen LogP contribution >= 0.6 is 11.6 Å². The number of nitrogens with one attached hydrogen (secondary N) is 1. The molecule has 0 heterocycles. The normalized spacial score (nSPS) is 11.7. The molecule has 1 atom stereocenters. The summed E-state index contributed by atoms with van der Waals surface area (Å²) in [5.74, 6) is -1.68. The van der Waals surface area contributed by atoms with Gasteiger partial charge in [0.1, 0.15) is 11.6 Å². The number of hydrogen-bond acceptors (Lipinski definition) is 4. The maximum atomic E-state index is 13.7. The van der Waals surface area contributed by atoms with E-state index >= 15 is 0 Å². The Morgan fingerprint density at radius 2 is 1.79 bits per heavy atom. The number of ether oxygens (including phenoxy) is 2. The van der Waals surface area contributed by atoms with E-state index in [1.165, 1.54) is 12.1 Å². The molecule has 0 spiro atoms. The fourth-order valence-corrected chi connectivity index (χ4v) is 2.97. The number of rotatable bonds is 6. The first-order chi connectivity index (χ1) is 13.9. The second-order valence-corrected chi connectivity index (χ2v) is 6.91. The van der Waals surface area contributed by atoms with Gasteiger partial charge in [-0.3, -0.25) is 9.59 Å². The van der Waals surface area contributed by atoms with Crippen LogP contribution in [0, 0.1) is 5.82 Å². The third-order valence-corrected chi connectivity index (χ3v) is 4.71. The molecule has 3 aromatic rings. The number of methoxy groups -OCH3 is 1. The van der Waals surface area contributed by atoms with Crippen molar-refractivity contribution in [3.8, 4) is 5.75 Å². The van der Waals surface area contributed by atoms with Gasteiger partial charge in [-0.15, -0.1) is 0 Å². The summed E-state index contributed by atoms with van der Waals surface area (Å²) in [4.78, 5) is 24.3. The van der Waals surface area contributed by atoms with Gasteiger partial charge in [-0.1, -0.05) is 35.9 Å². The van der Waals surface area contributed by atoms with Gasteiger partial charge in [0.2, 0.25) is 0 Å². The van der Waals surface area contributed by atoms with Crippen LogP contribution in [0.15, 0.2) is 54.6 Å². The molecule has 5 nitrogen and oxygen atoms in total. The Hall–Kier alpha value is -3.12. The largest absolute Gasteiger partial charge is 0.497 e. The zero-order chi connectivity index (χ0) is 21.0. The molecular formula is C22H19ClFNO4. The monoisotopic (exact) mass is 415 g/mol. The van der Waals surface area contributed by atoms with Crippen molar-refractivity contribution in [3.63, 3.8) is 0 Å². The number of carbonyl (C=O) groups excluding carboxylic acids is 2. The van der Waals surface area contributed by atoms with E-state index in [0.29, 0.717) is 0 Å². The van der Waals surface area contributed by atoms with Crippen LogP contribution in [0.25, 0.3) is 10.8 Å². The molecular weight excluding hydrogens is 397 g/mol. The van der Waals surface area contributed by atoms with Crippen molar-refractivity contribution in [1.29, 1.82) is 0 Å². The Bertz CT molecular complexity index is 1070. The Morgan fingerprint density at radius 1 is 1.07 bits per heavy atom. The van der Waals surface area contributed by atoms with Crippen molar-refractivity contribution in [2.24, 2.45) is 0 Å². The zero-order valence-corrected chi connectivity index (χ0v) is 16.6. The molecule has 0 aliphatic heterocycles. The summed E-state index contributed by atoms with van der Waals surface area (Å²) in [5.41, 5.74) is 0.727. The van der Waals surface area contributed by atoms with E-state index in [-0.39, 0.29) is 10.7 Å². The molecule has 0 unspecified atom stereocenters. The van der Waals surface area contributed by atoms with Gasteiger partial charge in [0.25, 0.3) is 5.91 Å². The lowest BCUT2D eigenvalue weighted by atomic mass is 9.98. The summed E-state index contributed by atoms with van der Waals surface area (Å²) in [6, 6.07) is 15.1. The molecule has 0 aliphatic carbocycles. The number of halogens is 2. The van der Waals surface area contributed by atoms with Crippen molar-refractivity contribution in [2.75, 3.05) is 19.0 Å². The standard InChI is InChI=1S/C22H19ClFNO4/c1-13(14-3-4-16-10-18(28-2)7-5-15(16)9-14)22(27)29-12-21(26)25-20-8-6-17(23)11-19(20)24/h3-11,13H,12H2,1-2H3,(H,25,26)/t13-/m0/s1. The first-order valence-corrected chi connectivity index (χ1v) is 9.24. The Morgan fingerprint density at radius 3 is 2.52 bits per heavy atom. The van der Waals surface area contributed by atoms with Gasteiger partial charge in [-0.2, -0.15) is 0 Å². The number of carbonyl (C=O) groups is 2. The number of fused-ring (bicyclic) bond motifs is 1. The predicted molar refractivity (Wildman–Crippen MR) is 110 cm³/mol. The van der Waals surface area contributed by atoms with Crippen molar-refractivity contribution in [3.05, 3.63) is 71.0 Å². The molecule has 150 valence electrons. The summed E-state index contributed by atoms with van der Waals surface area (Å²) >= 11 is 5.67. The first-order valence-electron chi connectivity index (χ1n) is 8.86. The van der Waals surface area contributed by atoms with Crippen LogP contribution in [0.2, 0.25) is 5.02 Å². The second kappa shape index (κ2) is 8.92. The van der Waals surface area contributed by atoms with Crippen LogP contribution in [-0.2, 0) is 14.3 Å². The maximum Gasteiger partial charge on any atom is 0.313 e. The quantitative estimate of drug-likeness (QED) is 0.580. The molecule has 1 amide bonds. The third kappa shape index (κ3) is 5.03. The molecule has 3 aromatic carbocycles. The molecule has 29 heavy (non-hydrogen) atoms. The van der Waals surface area contributed by atoms with E-state index < -0.39 is 30.2 Å².